The molecule has 8 nitrogen and oxygen atoms in total. The Balaban J connectivity index is 1.70. The summed E-state index contributed by atoms with van der Waals surface area (Å²) in [6.07, 6.45) is 0. The van der Waals surface area contributed by atoms with Crippen LogP contribution in [0.15, 0.2) is 30.3 Å². The van der Waals surface area contributed by atoms with Gasteiger partial charge >= 0.3 is 0 Å². The van der Waals surface area contributed by atoms with Crippen LogP contribution in [0.3, 0.4) is 0 Å². The molecule has 0 atom stereocenters. The number of hydrazine groups is 1. The van der Waals surface area contributed by atoms with Crippen molar-refractivity contribution in [3.8, 4) is 5.69 Å². The van der Waals surface area contributed by atoms with Gasteiger partial charge in [0.25, 0.3) is 11.8 Å². The SMILES string of the molecule is Cc1cc(C)n(CC(=O)NNC(=O)c2c(C)nn(-c3ccc(F)cc3)c2C)n1. The van der Waals surface area contributed by atoms with Gasteiger partial charge in [-0.15, -0.1) is 0 Å². The van der Waals surface area contributed by atoms with Crippen LogP contribution in [0.25, 0.3) is 5.69 Å². The van der Waals surface area contributed by atoms with Crippen LogP contribution in [0, 0.1) is 33.5 Å². The number of hydrogen-bond donors (Lipinski definition) is 2. The average molecular weight is 384 g/mol. The summed E-state index contributed by atoms with van der Waals surface area (Å²) in [5, 5.41) is 8.56. The minimum atomic E-state index is -0.481. The molecule has 0 fully saturated rings. The van der Waals surface area contributed by atoms with Crippen LogP contribution in [0.5, 0.6) is 0 Å². The molecule has 0 aliphatic carbocycles. The molecule has 1 aromatic carbocycles. The van der Waals surface area contributed by atoms with Crippen molar-refractivity contribution in [3.63, 3.8) is 0 Å². The predicted octanol–water partition coefficient (Wildman–Crippen LogP) is 1.90. The minimum Gasteiger partial charge on any atom is -0.271 e. The van der Waals surface area contributed by atoms with Gasteiger partial charge in [0.15, 0.2) is 0 Å². The Morgan fingerprint density at radius 2 is 1.71 bits per heavy atom. The molecule has 0 bridgehead atoms. The molecule has 3 rings (SSSR count). The van der Waals surface area contributed by atoms with E-state index in [-0.39, 0.29) is 12.4 Å². The highest BCUT2D eigenvalue weighted by molar-refractivity contribution is 5.97. The molecule has 2 N–H and O–H groups in total. The van der Waals surface area contributed by atoms with Crippen molar-refractivity contribution in [1.82, 2.24) is 30.4 Å². The second-order valence-electron chi connectivity index (χ2n) is 6.52. The molecular formula is C19H21FN6O2. The molecule has 3 aromatic rings. The summed E-state index contributed by atoms with van der Waals surface area (Å²) in [5.74, 6) is -1.24. The number of aryl methyl sites for hydroxylation is 3. The summed E-state index contributed by atoms with van der Waals surface area (Å²) >= 11 is 0. The lowest BCUT2D eigenvalue weighted by Crippen LogP contribution is -2.43. The maximum Gasteiger partial charge on any atom is 0.273 e. The first-order valence-electron chi connectivity index (χ1n) is 8.68. The Morgan fingerprint density at radius 3 is 2.32 bits per heavy atom. The third kappa shape index (κ3) is 3.93. The summed E-state index contributed by atoms with van der Waals surface area (Å²) in [7, 11) is 0. The number of halogens is 1. The molecule has 2 heterocycles. The molecule has 0 saturated heterocycles. The lowest BCUT2D eigenvalue weighted by molar-refractivity contribution is -0.122. The van der Waals surface area contributed by atoms with Crippen LogP contribution in [-0.4, -0.2) is 31.4 Å². The van der Waals surface area contributed by atoms with Gasteiger partial charge in [0, 0.05) is 5.69 Å². The molecule has 0 saturated carbocycles. The van der Waals surface area contributed by atoms with Crippen LogP contribution in [0.2, 0.25) is 0 Å². The van der Waals surface area contributed by atoms with Gasteiger partial charge in [0.2, 0.25) is 0 Å². The lowest BCUT2D eigenvalue weighted by atomic mass is 10.2. The Hall–Kier alpha value is -3.49. The molecule has 2 aromatic heterocycles. The van der Waals surface area contributed by atoms with Crippen LogP contribution in [0.4, 0.5) is 4.39 Å². The van der Waals surface area contributed by atoms with Crippen molar-refractivity contribution in [3.05, 3.63) is 64.5 Å². The van der Waals surface area contributed by atoms with Gasteiger partial charge in [-0.2, -0.15) is 10.2 Å². The van der Waals surface area contributed by atoms with Crippen LogP contribution >= 0.6 is 0 Å². The van der Waals surface area contributed by atoms with E-state index in [9.17, 15) is 14.0 Å². The van der Waals surface area contributed by atoms with E-state index in [0.29, 0.717) is 22.6 Å². The van der Waals surface area contributed by atoms with Crippen molar-refractivity contribution < 1.29 is 14.0 Å². The van der Waals surface area contributed by atoms with E-state index in [0.717, 1.165) is 11.4 Å². The third-order valence-corrected chi connectivity index (χ3v) is 4.30. The first-order valence-corrected chi connectivity index (χ1v) is 8.68. The summed E-state index contributed by atoms with van der Waals surface area (Å²) in [5.41, 5.74) is 8.51. The fourth-order valence-corrected chi connectivity index (χ4v) is 3.00. The number of hydrogen-bond acceptors (Lipinski definition) is 4. The molecule has 0 aliphatic rings. The van der Waals surface area contributed by atoms with E-state index in [1.54, 1.807) is 35.3 Å². The Labute approximate surface area is 161 Å². The van der Waals surface area contributed by atoms with Gasteiger partial charge in [-0.05, 0) is 58.0 Å². The molecule has 0 unspecified atom stereocenters. The van der Waals surface area contributed by atoms with Crippen molar-refractivity contribution >= 4 is 11.8 Å². The second kappa shape index (κ2) is 7.63. The topological polar surface area (TPSA) is 93.8 Å². The second-order valence-corrected chi connectivity index (χ2v) is 6.52. The first kappa shape index (κ1) is 19.3. The van der Waals surface area contributed by atoms with Gasteiger partial charge in [0.1, 0.15) is 12.4 Å². The van der Waals surface area contributed by atoms with Gasteiger partial charge in [-0.1, -0.05) is 0 Å². The van der Waals surface area contributed by atoms with Gasteiger partial charge < -0.3 is 0 Å². The zero-order chi connectivity index (χ0) is 20.4. The van der Waals surface area contributed by atoms with Crippen LogP contribution in [-0.2, 0) is 11.3 Å². The maximum atomic E-state index is 13.1. The molecule has 146 valence electrons. The molecule has 2 amide bonds. The average Bonchev–Trinajstić information content (AvgIpc) is 3.11. The van der Waals surface area contributed by atoms with Crippen molar-refractivity contribution in [2.45, 2.75) is 34.2 Å². The summed E-state index contributed by atoms with van der Waals surface area (Å²) in [4.78, 5) is 24.6. The monoisotopic (exact) mass is 384 g/mol. The molecule has 9 heteroatoms. The van der Waals surface area contributed by atoms with E-state index in [1.165, 1.54) is 12.1 Å². The summed E-state index contributed by atoms with van der Waals surface area (Å²) < 4.78 is 16.2. The standard InChI is InChI=1S/C19H21FN6O2/c1-11-9-12(2)25(23-11)10-17(27)21-22-19(28)18-13(3)24-26(14(18)4)16-7-5-15(20)6-8-16/h5-9H,10H2,1-4H3,(H,21,27)(H,22,28). The fourth-order valence-electron chi connectivity index (χ4n) is 3.00. The van der Waals surface area contributed by atoms with Crippen molar-refractivity contribution in [2.75, 3.05) is 0 Å². The lowest BCUT2D eigenvalue weighted by Gasteiger charge is -2.09. The van der Waals surface area contributed by atoms with E-state index in [4.69, 9.17) is 0 Å². The number of aromatic nitrogens is 4. The highest BCUT2D eigenvalue weighted by Gasteiger charge is 2.20. The smallest absolute Gasteiger partial charge is 0.271 e. The van der Waals surface area contributed by atoms with Crippen LogP contribution < -0.4 is 10.9 Å². The van der Waals surface area contributed by atoms with E-state index in [1.807, 2.05) is 19.9 Å². The summed E-state index contributed by atoms with van der Waals surface area (Å²) in [6, 6.07) is 7.66. The molecule has 28 heavy (non-hydrogen) atoms. The highest BCUT2D eigenvalue weighted by Crippen LogP contribution is 2.18. The third-order valence-electron chi connectivity index (χ3n) is 4.30. The van der Waals surface area contributed by atoms with E-state index >= 15 is 0 Å². The number of nitrogens with zero attached hydrogens (tertiary/aromatic N) is 4. The molecular weight excluding hydrogens is 363 g/mol. The number of carbonyl (C=O) groups is 2. The first-order chi connectivity index (χ1) is 13.3. The Morgan fingerprint density at radius 1 is 1.04 bits per heavy atom. The number of rotatable bonds is 4. The Kier molecular flexibility index (Phi) is 5.25. The summed E-state index contributed by atoms with van der Waals surface area (Å²) in [6.45, 7) is 7.11. The highest BCUT2D eigenvalue weighted by atomic mass is 19.1. The maximum absolute atomic E-state index is 13.1. The van der Waals surface area contributed by atoms with Crippen LogP contribution in [0.1, 0.15) is 33.1 Å². The van der Waals surface area contributed by atoms with Gasteiger partial charge in [-0.3, -0.25) is 25.1 Å². The minimum absolute atomic E-state index is 0.00718. The number of nitrogens with one attached hydrogen (secondary N) is 2. The number of carbonyl (C=O) groups excluding carboxylic acids is 2. The molecule has 0 aliphatic heterocycles. The van der Waals surface area contributed by atoms with Gasteiger partial charge in [0.05, 0.1) is 28.3 Å². The largest absolute Gasteiger partial charge is 0.273 e. The number of benzene rings is 1. The molecule has 0 spiro atoms. The quantitative estimate of drug-likeness (QED) is 0.672. The molecule has 0 radical (unpaired) electrons. The fraction of sp³-hybridized carbons (Fsp3) is 0.263. The van der Waals surface area contributed by atoms with E-state index < -0.39 is 11.8 Å². The zero-order valence-corrected chi connectivity index (χ0v) is 16.1. The van der Waals surface area contributed by atoms with Crippen molar-refractivity contribution in [1.29, 1.82) is 0 Å². The number of amides is 2. The van der Waals surface area contributed by atoms with Crippen molar-refractivity contribution in [2.24, 2.45) is 0 Å². The van der Waals surface area contributed by atoms with Gasteiger partial charge in [-0.25, -0.2) is 9.07 Å². The van der Waals surface area contributed by atoms with E-state index in [2.05, 4.69) is 21.0 Å². The zero-order valence-electron chi connectivity index (χ0n) is 16.1. The normalized spacial score (nSPS) is 10.8. The predicted molar refractivity (Wildman–Crippen MR) is 100 cm³/mol. The Bertz CT molecular complexity index is 1040.